The fraction of sp³-hybridized carbons (Fsp3) is 0.700. The van der Waals surface area contributed by atoms with Gasteiger partial charge in [-0.25, -0.2) is 0 Å². The van der Waals surface area contributed by atoms with Crippen molar-refractivity contribution in [2.24, 2.45) is 15.8 Å². The van der Waals surface area contributed by atoms with Crippen molar-refractivity contribution in [3.8, 4) is 0 Å². The highest BCUT2D eigenvalue weighted by Crippen LogP contribution is 2.42. The van der Waals surface area contributed by atoms with Gasteiger partial charge in [0, 0.05) is 12.4 Å². The van der Waals surface area contributed by atoms with Crippen LogP contribution in [0, 0.1) is 10.8 Å². The highest BCUT2D eigenvalue weighted by Gasteiger charge is 2.34. The first-order valence-corrected chi connectivity index (χ1v) is 4.15. The van der Waals surface area contributed by atoms with E-state index in [2.05, 4.69) is 38.8 Å². The molecule has 0 saturated carbocycles. The van der Waals surface area contributed by atoms with Crippen LogP contribution in [0.3, 0.4) is 0 Å². The van der Waals surface area contributed by atoms with Crippen molar-refractivity contribution in [2.75, 3.05) is 0 Å². The van der Waals surface area contributed by atoms with Crippen molar-refractivity contribution in [3.63, 3.8) is 0 Å². The van der Waals surface area contributed by atoms with Gasteiger partial charge in [-0.15, -0.1) is 0 Å². The first-order valence-electron chi connectivity index (χ1n) is 4.15. The molecule has 1 rings (SSSR count). The Balaban J connectivity index is 2.84. The van der Waals surface area contributed by atoms with E-state index in [4.69, 9.17) is 0 Å². The summed E-state index contributed by atoms with van der Waals surface area (Å²) in [5.41, 5.74) is 0.616. The molecular formula is C10H17N. The number of hydrogen-bond donors (Lipinski definition) is 0. The molecule has 0 aromatic carbocycles. The zero-order valence-corrected chi connectivity index (χ0v) is 7.89. The van der Waals surface area contributed by atoms with Gasteiger partial charge in [-0.2, -0.15) is 0 Å². The fourth-order valence-electron chi connectivity index (χ4n) is 1.13. The van der Waals surface area contributed by atoms with Gasteiger partial charge in [-0.1, -0.05) is 33.8 Å². The highest BCUT2D eigenvalue weighted by atomic mass is 14.7. The van der Waals surface area contributed by atoms with E-state index < -0.39 is 0 Å². The molecule has 1 aliphatic heterocycles. The summed E-state index contributed by atoms with van der Waals surface area (Å²) in [7, 11) is 0. The van der Waals surface area contributed by atoms with Crippen molar-refractivity contribution >= 4 is 6.21 Å². The van der Waals surface area contributed by atoms with E-state index in [1.54, 1.807) is 0 Å². The molecule has 0 bridgehead atoms. The minimum Gasteiger partial charge on any atom is -0.269 e. The summed E-state index contributed by atoms with van der Waals surface area (Å²) in [6, 6.07) is 0. The maximum atomic E-state index is 4.08. The molecule has 0 radical (unpaired) electrons. The molecule has 0 fully saturated rings. The second kappa shape index (κ2) is 2.47. The number of allylic oxidation sites excluding steroid dienone is 1. The van der Waals surface area contributed by atoms with Crippen molar-refractivity contribution < 1.29 is 0 Å². The lowest BCUT2D eigenvalue weighted by molar-refractivity contribution is 0.177. The SMILES string of the molecule is CC(C)(C)C1(C)C=CN=CC1. The molecule has 0 N–H and O–H groups in total. The van der Waals surface area contributed by atoms with Crippen LogP contribution in [0.2, 0.25) is 0 Å². The lowest BCUT2D eigenvalue weighted by Gasteiger charge is -2.39. The number of hydrogen-bond acceptors (Lipinski definition) is 1. The predicted molar refractivity (Wildman–Crippen MR) is 49.8 cm³/mol. The van der Waals surface area contributed by atoms with Crippen LogP contribution in [-0.2, 0) is 0 Å². The molecule has 11 heavy (non-hydrogen) atoms. The average molecular weight is 151 g/mol. The Hall–Kier alpha value is -0.590. The van der Waals surface area contributed by atoms with Gasteiger partial charge in [0.05, 0.1) is 0 Å². The molecule has 0 aromatic rings. The Labute approximate surface area is 69.2 Å². The Morgan fingerprint density at radius 1 is 1.36 bits per heavy atom. The normalized spacial score (nSPS) is 30.9. The summed E-state index contributed by atoms with van der Waals surface area (Å²) in [5.74, 6) is 0. The highest BCUT2D eigenvalue weighted by molar-refractivity contribution is 5.61. The minimum absolute atomic E-state index is 0.286. The maximum absolute atomic E-state index is 4.08. The van der Waals surface area contributed by atoms with Gasteiger partial charge in [0.15, 0.2) is 0 Å². The van der Waals surface area contributed by atoms with E-state index in [0.29, 0.717) is 5.41 Å². The van der Waals surface area contributed by atoms with Gasteiger partial charge >= 0.3 is 0 Å². The van der Waals surface area contributed by atoms with Crippen LogP contribution in [0.5, 0.6) is 0 Å². The third kappa shape index (κ3) is 1.52. The summed E-state index contributed by atoms with van der Waals surface area (Å²) in [6.07, 6.45) is 7.19. The third-order valence-electron chi connectivity index (χ3n) is 2.86. The smallest absolute Gasteiger partial charge is 0.0229 e. The minimum atomic E-state index is 0.286. The zero-order chi connectivity index (χ0) is 8.54. The molecular weight excluding hydrogens is 134 g/mol. The van der Waals surface area contributed by atoms with Crippen molar-refractivity contribution in [3.05, 3.63) is 12.3 Å². The van der Waals surface area contributed by atoms with Crippen molar-refractivity contribution in [1.82, 2.24) is 0 Å². The van der Waals surface area contributed by atoms with E-state index in [0.717, 1.165) is 6.42 Å². The lowest BCUT2D eigenvalue weighted by atomic mass is 9.66. The van der Waals surface area contributed by atoms with Crippen molar-refractivity contribution in [2.45, 2.75) is 34.1 Å². The Bertz CT molecular complexity index is 195. The standard InChI is InChI=1S/C10H17N/c1-9(2,3)10(4)5-7-11-8-6-10/h5,7-8H,6H2,1-4H3. The number of nitrogens with zero attached hydrogens (tertiary/aromatic N) is 1. The third-order valence-corrected chi connectivity index (χ3v) is 2.86. The number of rotatable bonds is 0. The molecule has 1 heteroatoms. The van der Waals surface area contributed by atoms with Crippen molar-refractivity contribution in [1.29, 1.82) is 0 Å². The van der Waals surface area contributed by atoms with Crippen LogP contribution in [0.15, 0.2) is 17.3 Å². The van der Waals surface area contributed by atoms with E-state index in [-0.39, 0.29) is 5.41 Å². The predicted octanol–water partition coefficient (Wildman–Crippen LogP) is 3.03. The van der Waals surface area contributed by atoms with Gasteiger partial charge in [0.25, 0.3) is 0 Å². The second-order valence-electron chi connectivity index (χ2n) is 4.52. The molecule has 1 atom stereocenters. The fourth-order valence-corrected chi connectivity index (χ4v) is 1.13. The summed E-state index contributed by atoms with van der Waals surface area (Å²) < 4.78 is 0. The Morgan fingerprint density at radius 2 is 2.00 bits per heavy atom. The first-order chi connectivity index (χ1) is 4.96. The summed E-state index contributed by atoms with van der Waals surface area (Å²) in [6.45, 7) is 9.11. The molecule has 0 saturated heterocycles. The van der Waals surface area contributed by atoms with Gasteiger partial charge in [-0.3, -0.25) is 4.99 Å². The molecule has 1 aliphatic rings. The summed E-state index contributed by atoms with van der Waals surface area (Å²) in [4.78, 5) is 4.08. The quantitative estimate of drug-likeness (QED) is 0.504. The van der Waals surface area contributed by atoms with E-state index >= 15 is 0 Å². The van der Waals surface area contributed by atoms with Gasteiger partial charge < -0.3 is 0 Å². The van der Waals surface area contributed by atoms with Crippen LogP contribution < -0.4 is 0 Å². The van der Waals surface area contributed by atoms with Gasteiger partial charge in [0.1, 0.15) is 0 Å². The monoisotopic (exact) mass is 151 g/mol. The van der Waals surface area contributed by atoms with Crippen LogP contribution in [0.4, 0.5) is 0 Å². The van der Waals surface area contributed by atoms with Crippen LogP contribution >= 0.6 is 0 Å². The molecule has 0 aromatic heterocycles. The van der Waals surface area contributed by atoms with E-state index in [1.165, 1.54) is 0 Å². The van der Waals surface area contributed by atoms with Gasteiger partial charge in [0.2, 0.25) is 0 Å². The van der Waals surface area contributed by atoms with Crippen LogP contribution in [-0.4, -0.2) is 6.21 Å². The maximum Gasteiger partial charge on any atom is 0.0229 e. The topological polar surface area (TPSA) is 12.4 Å². The molecule has 1 unspecified atom stereocenters. The van der Waals surface area contributed by atoms with Crippen LogP contribution in [0.1, 0.15) is 34.1 Å². The zero-order valence-electron chi connectivity index (χ0n) is 7.89. The van der Waals surface area contributed by atoms with E-state index in [1.807, 2.05) is 12.4 Å². The van der Waals surface area contributed by atoms with Gasteiger partial charge in [-0.05, 0) is 17.3 Å². The molecule has 0 spiro atoms. The lowest BCUT2D eigenvalue weighted by Crippen LogP contribution is -2.32. The molecule has 1 heterocycles. The Morgan fingerprint density at radius 3 is 2.27 bits per heavy atom. The molecule has 1 nitrogen and oxygen atoms in total. The second-order valence-corrected chi connectivity index (χ2v) is 4.52. The Kier molecular flexibility index (Phi) is 1.91. The van der Waals surface area contributed by atoms with E-state index in [9.17, 15) is 0 Å². The number of aliphatic imine (C=N–C) groups is 1. The summed E-state index contributed by atoms with van der Waals surface area (Å²) in [5, 5.41) is 0. The molecule has 0 amide bonds. The molecule has 0 aliphatic carbocycles. The average Bonchev–Trinajstić information content (AvgIpc) is 1.87. The first kappa shape index (κ1) is 8.51. The largest absolute Gasteiger partial charge is 0.269 e. The summed E-state index contributed by atoms with van der Waals surface area (Å²) >= 11 is 0. The van der Waals surface area contributed by atoms with Crippen LogP contribution in [0.25, 0.3) is 0 Å². The molecule has 62 valence electrons.